The first-order valence-corrected chi connectivity index (χ1v) is 7.82. The van der Waals surface area contributed by atoms with Crippen LogP contribution in [0.2, 0.25) is 5.02 Å². The van der Waals surface area contributed by atoms with Crippen LogP contribution in [0.15, 0.2) is 22.6 Å². The van der Waals surface area contributed by atoms with Gasteiger partial charge in [-0.2, -0.15) is 0 Å². The van der Waals surface area contributed by atoms with Gasteiger partial charge in [0.05, 0.1) is 11.1 Å². The molecule has 0 aliphatic rings. The molecule has 0 spiro atoms. The van der Waals surface area contributed by atoms with Gasteiger partial charge in [0, 0.05) is 6.08 Å². The summed E-state index contributed by atoms with van der Waals surface area (Å²) in [5.41, 5.74) is 0.770. The molecule has 0 radical (unpaired) electrons. The summed E-state index contributed by atoms with van der Waals surface area (Å²) in [5, 5.41) is 7.95. The number of benzene rings is 1. The molecule has 0 aliphatic carbocycles. The van der Waals surface area contributed by atoms with Crippen LogP contribution < -0.4 is 4.74 Å². The molecule has 0 amide bonds. The second kappa shape index (κ2) is 7.09. The number of alkyl halides is 3. The van der Waals surface area contributed by atoms with Gasteiger partial charge >= 0.3 is 0 Å². The molecule has 0 atom stereocenters. The van der Waals surface area contributed by atoms with Crippen LogP contribution in [0.3, 0.4) is 0 Å². The highest BCUT2D eigenvalue weighted by Crippen LogP contribution is 2.37. The molecule has 4 nitrogen and oxygen atoms in total. The van der Waals surface area contributed by atoms with Gasteiger partial charge in [0.2, 0.25) is 5.89 Å². The molecule has 0 fully saturated rings. The lowest BCUT2D eigenvalue weighted by atomic mass is 10.2. The maximum absolute atomic E-state index is 6.20. The van der Waals surface area contributed by atoms with Crippen LogP contribution >= 0.6 is 46.4 Å². The highest BCUT2D eigenvalue weighted by molar-refractivity contribution is 6.66. The summed E-state index contributed by atoms with van der Waals surface area (Å²) in [7, 11) is 0. The highest BCUT2D eigenvalue weighted by atomic mass is 35.6. The van der Waals surface area contributed by atoms with E-state index in [0.29, 0.717) is 10.8 Å². The van der Waals surface area contributed by atoms with E-state index in [2.05, 4.69) is 10.2 Å². The van der Waals surface area contributed by atoms with E-state index >= 15 is 0 Å². The van der Waals surface area contributed by atoms with Crippen molar-refractivity contribution in [3.8, 4) is 5.75 Å². The summed E-state index contributed by atoms with van der Waals surface area (Å²) >= 11 is 23.1. The molecule has 0 saturated carbocycles. The van der Waals surface area contributed by atoms with Crippen LogP contribution in [-0.2, 0) is 3.79 Å². The summed E-state index contributed by atoms with van der Waals surface area (Å²) < 4.78 is 9.03. The van der Waals surface area contributed by atoms with Gasteiger partial charge in [-0.05, 0) is 43.7 Å². The summed E-state index contributed by atoms with van der Waals surface area (Å²) in [4.78, 5) is 0. The molecule has 2 aromatic rings. The lowest BCUT2D eigenvalue weighted by Crippen LogP contribution is -2.05. The summed E-state index contributed by atoms with van der Waals surface area (Å²) in [5.74, 6) is 0.817. The van der Waals surface area contributed by atoms with Crippen molar-refractivity contribution in [1.29, 1.82) is 0 Å². The number of nitrogens with zero attached hydrogens (tertiary/aromatic N) is 2. The van der Waals surface area contributed by atoms with Crippen molar-refractivity contribution in [2.45, 2.75) is 23.7 Å². The van der Waals surface area contributed by atoms with Gasteiger partial charge in [0.25, 0.3) is 9.68 Å². The molecule has 0 bridgehead atoms. The van der Waals surface area contributed by atoms with Gasteiger partial charge in [0.15, 0.2) is 0 Å². The molecule has 1 aromatic carbocycles. The van der Waals surface area contributed by atoms with Gasteiger partial charge in [-0.1, -0.05) is 46.4 Å². The van der Waals surface area contributed by atoms with Crippen LogP contribution in [0.5, 0.6) is 5.75 Å². The molecule has 0 unspecified atom stereocenters. The number of ether oxygens (including phenoxy) is 1. The van der Waals surface area contributed by atoms with Crippen molar-refractivity contribution in [2.24, 2.45) is 0 Å². The first kappa shape index (κ1) is 17.4. The summed E-state index contributed by atoms with van der Waals surface area (Å²) in [6, 6.07) is 5.39. The maximum Gasteiger partial charge on any atom is 0.268 e. The van der Waals surface area contributed by atoms with Crippen LogP contribution in [-0.4, -0.2) is 16.3 Å². The minimum absolute atomic E-state index is 0.0798. The van der Waals surface area contributed by atoms with E-state index < -0.39 is 3.79 Å². The SMILES string of the molecule is CC(C)Oc1ccc(C=Cc2nnc(C(Cl)(Cl)Cl)o2)c(Cl)c1. The molecule has 0 saturated heterocycles. The Kier molecular flexibility index (Phi) is 5.61. The van der Waals surface area contributed by atoms with Gasteiger partial charge in [-0.25, -0.2) is 0 Å². The first-order chi connectivity index (χ1) is 10.3. The Labute approximate surface area is 148 Å². The van der Waals surface area contributed by atoms with Gasteiger partial charge in [-0.3, -0.25) is 0 Å². The van der Waals surface area contributed by atoms with Crippen molar-refractivity contribution in [3.05, 3.63) is 40.6 Å². The monoisotopic (exact) mass is 380 g/mol. The maximum atomic E-state index is 6.20. The highest BCUT2D eigenvalue weighted by Gasteiger charge is 2.29. The Morgan fingerprint density at radius 2 is 1.91 bits per heavy atom. The second-order valence-electron chi connectivity index (χ2n) is 4.63. The smallest absolute Gasteiger partial charge is 0.268 e. The van der Waals surface area contributed by atoms with Crippen LogP contribution in [0, 0.1) is 0 Å². The zero-order valence-electron chi connectivity index (χ0n) is 11.7. The lowest BCUT2D eigenvalue weighted by molar-refractivity contribution is 0.242. The van der Waals surface area contributed by atoms with Crippen molar-refractivity contribution < 1.29 is 9.15 Å². The van der Waals surface area contributed by atoms with E-state index in [-0.39, 0.29) is 17.9 Å². The Bertz CT molecular complexity index is 678. The molecule has 22 heavy (non-hydrogen) atoms. The van der Waals surface area contributed by atoms with Crippen LogP contribution in [0.1, 0.15) is 31.2 Å². The Hall–Kier alpha value is -0.940. The quantitative estimate of drug-likeness (QED) is 0.655. The zero-order chi connectivity index (χ0) is 16.3. The average molecular weight is 382 g/mol. The molecule has 1 heterocycles. The Balaban J connectivity index is 2.15. The minimum atomic E-state index is -1.74. The molecule has 0 aliphatic heterocycles. The molecule has 0 N–H and O–H groups in total. The number of halogens is 4. The van der Waals surface area contributed by atoms with Crippen molar-refractivity contribution in [3.63, 3.8) is 0 Å². The molecule has 8 heteroatoms. The molecule has 118 valence electrons. The average Bonchev–Trinajstić information content (AvgIpc) is 2.85. The fraction of sp³-hybridized carbons (Fsp3) is 0.286. The van der Waals surface area contributed by atoms with Crippen molar-refractivity contribution >= 4 is 58.6 Å². The summed E-state index contributed by atoms with van der Waals surface area (Å²) in [6.45, 7) is 3.89. The second-order valence-corrected chi connectivity index (χ2v) is 7.31. The van der Waals surface area contributed by atoms with Crippen molar-refractivity contribution in [2.75, 3.05) is 0 Å². The van der Waals surface area contributed by atoms with Crippen molar-refractivity contribution in [1.82, 2.24) is 10.2 Å². The summed E-state index contributed by atoms with van der Waals surface area (Å²) in [6.07, 6.45) is 3.38. The number of rotatable bonds is 4. The topological polar surface area (TPSA) is 48.2 Å². The van der Waals surface area contributed by atoms with Gasteiger partial charge in [-0.15, -0.1) is 10.2 Å². The normalized spacial score (nSPS) is 12.3. The number of hydrogen-bond donors (Lipinski definition) is 0. The lowest BCUT2D eigenvalue weighted by Gasteiger charge is -2.10. The van der Waals surface area contributed by atoms with Gasteiger partial charge < -0.3 is 9.15 Å². The van der Waals surface area contributed by atoms with E-state index in [1.807, 2.05) is 26.0 Å². The minimum Gasteiger partial charge on any atom is -0.491 e. The zero-order valence-corrected chi connectivity index (χ0v) is 14.7. The van der Waals surface area contributed by atoms with E-state index in [9.17, 15) is 0 Å². The number of hydrogen-bond acceptors (Lipinski definition) is 4. The Morgan fingerprint density at radius 3 is 2.45 bits per heavy atom. The molecular formula is C14H12Cl4N2O2. The van der Waals surface area contributed by atoms with E-state index in [1.165, 1.54) is 0 Å². The molecule has 1 aromatic heterocycles. The predicted molar refractivity (Wildman–Crippen MR) is 89.7 cm³/mol. The fourth-order valence-corrected chi connectivity index (χ4v) is 2.03. The fourth-order valence-electron chi connectivity index (χ4n) is 1.57. The largest absolute Gasteiger partial charge is 0.491 e. The molecular weight excluding hydrogens is 370 g/mol. The standard InChI is InChI=1S/C14H12Cl4N2O2/c1-8(2)21-10-5-3-9(11(15)7-10)4-6-12-19-20-13(22-12)14(16,17)18/h3-8H,1-2H3. The first-order valence-electron chi connectivity index (χ1n) is 6.30. The van der Waals surface area contributed by atoms with E-state index in [1.54, 1.807) is 18.2 Å². The van der Waals surface area contributed by atoms with E-state index in [4.69, 9.17) is 55.6 Å². The van der Waals surface area contributed by atoms with E-state index in [0.717, 1.165) is 5.56 Å². The van der Waals surface area contributed by atoms with Gasteiger partial charge in [0.1, 0.15) is 5.75 Å². The van der Waals surface area contributed by atoms with Crippen LogP contribution in [0.4, 0.5) is 0 Å². The number of aromatic nitrogens is 2. The third kappa shape index (κ3) is 4.78. The molecule has 2 rings (SSSR count). The predicted octanol–water partition coefficient (Wildman–Crippen LogP) is 5.51. The van der Waals surface area contributed by atoms with Crippen LogP contribution in [0.25, 0.3) is 12.2 Å². The Morgan fingerprint density at radius 1 is 1.18 bits per heavy atom. The third-order valence-corrected chi connectivity index (χ3v) is 3.24. The third-order valence-electron chi connectivity index (χ3n) is 2.43.